The zero-order valence-corrected chi connectivity index (χ0v) is 14.8. The quantitative estimate of drug-likeness (QED) is 0.541. The lowest BCUT2D eigenvalue weighted by Gasteiger charge is -2.17. The van der Waals surface area contributed by atoms with Gasteiger partial charge in [-0.15, -0.1) is 11.3 Å². The number of hydrogen-bond acceptors (Lipinski definition) is 5. The first-order chi connectivity index (χ1) is 9.20. The Labute approximate surface area is 128 Å². The molecule has 0 aliphatic rings. The number of para-hydroxylation sites is 1. The van der Waals surface area contributed by atoms with Gasteiger partial charge in [-0.25, -0.2) is 4.98 Å². The summed E-state index contributed by atoms with van der Waals surface area (Å²) in [5.74, 6) is 0. The lowest BCUT2D eigenvalue weighted by atomic mass is 10.3. The molecular weight excluding hydrogens is 310 g/mol. The molecule has 1 unspecified atom stereocenters. The average Bonchev–Trinajstić information content (AvgIpc) is 2.81. The van der Waals surface area contributed by atoms with E-state index < -0.39 is 0 Å². The van der Waals surface area contributed by atoms with Crippen molar-refractivity contribution in [3.05, 3.63) is 24.3 Å². The van der Waals surface area contributed by atoms with Crippen molar-refractivity contribution in [1.29, 1.82) is 0 Å². The van der Waals surface area contributed by atoms with Crippen molar-refractivity contribution in [2.24, 2.45) is 0 Å². The highest BCUT2D eigenvalue weighted by atomic mass is 33.1. The van der Waals surface area contributed by atoms with Crippen LogP contribution in [-0.2, 0) is 4.74 Å². The van der Waals surface area contributed by atoms with Gasteiger partial charge in [-0.2, -0.15) is 0 Å². The molecule has 2 nitrogen and oxygen atoms in total. The maximum Gasteiger partial charge on any atom is 0.161 e. The van der Waals surface area contributed by atoms with E-state index in [1.807, 2.05) is 27.7 Å². The fourth-order valence-electron chi connectivity index (χ4n) is 1.64. The Morgan fingerprint density at radius 2 is 2.16 bits per heavy atom. The van der Waals surface area contributed by atoms with Gasteiger partial charge in [-0.3, -0.25) is 0 Å². The summed E-state index contributed by atoms with van der Waals surface area (Å²) < 4.78 is 7.64. The second kappa shape index (κ2) is 7.69. The molecule has 1 heterocycles. The minimum atomic E-state index is -0.306. The normalized spacial score (nSPS) is 13.3. The standard InChI is InChI=1S/C13H18NOS3Si/c1-15-9-8-12(19(2)3)17-18-13-14-10-6-4-5-7-11(10)16-13/h4-7,12H,8-9H2,1-3H3. The van der Waals surface area contributed by atoms with Gasteiger partial charge in [-0.05, 0) is 29.3 Å². The van der Waals surface area contributed by atoms with Gasteiger partial charge in [0, 0.05) is 18.6 Å². The highest BCUT2D eigenvalue weighted by molar-refractivity contribution is 8.77. The van der Waals surface area contributed by atoms with Gasteiger partial charge < -0.3 is 4.74 Å². The largest absolute Gasteiger partial charge is 0.385 e. The van der Waals surface area contributed by atoms with Crippen molar-refractivity contribution >= 4 is 51.9 Å². The smallest absolute Gasteiger partial charge is 0.161 e. The van der Waals surface area contributed by atoms with Crippen LogP contribution in [0.1, 0.15) is 6.42 Å². The van der Waals surface area contributed by atoms with Gasteiger partial charge in [0.15, 0.2) is 4.34 Å². The number of aromatic nitrogens is 1. The summed E-state index contributed by atoms with van der Waals surface area (Å²) in [6, 6.07) is 8.34. The van der Waals surface area contributed by atoms with E-state index in [0.29, 0.717) is 4.87 Å². The molecule has 103 valence electrons. The highest BCUT2D eigenvalue weighted by Crippen LogP contribution is 2.40. The molecule has 1 radical (unpaired) electrons. The van der Waals surface area contributed by atoms with Crippen molar-refractivity contribution in [2.75, 3.05) is 13.7 Å². The van der Waals surface area contributed by atoms with E-state index in [1.165, 1.54) is 4.70 Å². The van der Waals surface area contributed by atoms with Crippen molar-refractivity contribution in [3.8, 4) is 0 Å². The molecule has 2 aromatic rings. The van der Waals surface area contributed by atoms with Crippen LogP contribution in [0, 0.1) is 0 Å². The van der Waals surface area contributed by atoms with Gasteiger partial charge in [0.1, 0.15) is 0 Å². The molecule has 0 aliphatic carbocycles. The summed E-state index contributed by atoms with van der Waals surface area (Å²) in [5.41, 5.74) is 1.11. The third-order valence-electron chi connectivity index (χ3n) is 2.74. The minimum Gasteiger partial charge on any atom is -0.385 e. The molecule has 6 heteroatoms. The predicted molar refractivity (Wildman–Crippen MR) is 90.8 cm³/mol. The first kappa shape index (κ1) is 15.4. The molecule has 0 bridgehead atoms. The SMILES string of the molecule is COCCC(SSc1nc2ccccc2s1)[Si](C)C. The van der Waals surface area contributed by atoms with Crippen LogP contribution in [0.2, 0.25) is 13.1 Å². The van der Waals surface area contributed by atoms with Crippen LogP contribution in [0.3, 0.4) is 0 Å². The third kappa shape index (κ3) is 4.49. The van der Waals surface area contributed by atoms with E-state index >= 15 is 0 Å². The van der Waals surface area contributed by atoms with Gasteiger partial charge in [0.2, 0.25) is 0 Å². The maximum absolute atomic E-state index is 5.20. The Morgan fingerprint density at radius 1 is 1.37 bits per heavy atom. The molecule has 1 aromatic heterocycles. The lowest BCUT2D eigenvalue weighted by Crippen LogP contribution is -2.21. The molecule has 2 rings (SSSR count). The number of hydrogen-bond donors (Lipinski definition) is 0. The van der Waals surface area contributed by atoms with Gasteiger partial charge in [0.25, 0.3) is 0 Å². The van der Waals surface area contributed by atoms with E-state index in [1.54, 1.807) is 18.4 Å². The summed E-state index contributed by atoms with van der Waals surface area (Å²) in [6.45, 7) is 5.60. The highest BCUT2D eigenvalue weighted by Gasteiger charge is 2.17. The third-order valence-corrected chi connectivity index (χ3v) is 10.5. The van der Waals surface area contributed by atoms with Crippen LogP contribution in [0.25, 0.3) is 10.2 Å². The lowest BCUT2D eigenvalue weighted by molar-refractivity contribution is 0.198. The Balaban J connectivity index is 1.96. The molecule has 1 aromatic carbocycles. The summed E-state index contributed by atoms with van der Waals surface area (Å²) in [5, 5.41) is 0. The van der Waals surface area contributed by atoms with Crippen molar-refractivity contribution < 1.29 is 4.74 Å². The number of nitrogens with zero attached hydrogens (tertiary/aromatic N) is 1. The maximum atomic E-state index is 5.20. The van der Waals surface area contributed by atoms with Crippen LogP contribution in [-0.4, -0.2) is 32.4 Å². The number of thiazole rings is 1. The van der Waals surface area contributed by atoms with Gasteiger partial charge in [-0.1, -0.05) is 36.0 Å². The minimum absolute atomic E-state index is 0.306. The Morgan fingerprint density at radius 3 is 2.84 bits per heavy atom. The van der Waals surface area contributed by atoms with E-state index in [-0.39, 0.29) is 8.80 Å². The second-order valence-electron chi connectivity index (χ2n) is 4.47. The first-order valence-electron chi connectivity index (χ1n) is 6.18. The molecule has 0 saturated heterocycles. The Kier molecular flexibility index (Phi) is 6.22. The predicted octanol–water partition coefficient (Wildman–Crippen LogP) is 4.74. The number of methoxy groups -OCH3 is 1. The molecule has 0 N–H and O–H groups in total. The summed E-state index contributed by atoms with van der Waals surface area (Å²) >= 11 is 1.79. The molecule has 19 heavy (non-hydrogen) atoms. The molecule has 0 fully saturated rings. The average molecular weight is 329 g/mol. The molecule has 0 saturated carbocycles. The molecule has 0 amide bonds. The molecule has 0 spiro atoms. The Hall–Kier alpha value is -0.0131. The molecule has 1 atom stereocenters. The van der Waals surface area contributed by atoms with Crippen LogP contribution in [0.5, 0.6) is 0 Å². The topological polar surface area (TPSA) is 22.1 Å². The number of fused-ring (bicyclic) bond motifs is 1. The van der Waals surface area contributed by atoms with E-state index in [9.17, 15) is 0 Å². The molecule has 0 aliphatic heterocycles. The Bertz CT molecular complexity index is 484. The zero-order valence-electron chi connectivity index (χ0n) is 11.4. The van der Waals surface area contributed by atoms with Gasteiger partial charge >= 0.3 is 0 Å². The molecular formula is C13H18NOS3Si. The van der Waals surface area contributed by atoms with Crippen LogP contribution >= 0.6 is 32.9 Å². The number of rotatable bonds is 7. The van der Waals surface area contributed by atoms with Gasteiger partial charge in [0.05, 0.1) is 19.0 Å². The van der Waals surface area contributed by atoms with Crippen molar-refractivity contribution in [2.45, 2.75) is 28.7 Å². The number of ether oxygens (including phenoxy) is 1. The fourth-order valence-corrected chi connectivity index (χ4v) is 8.56. The fraction of sp³-hybridized carbons (Fsp3) is 0.462. The number of benzene rings is 1. The van der Waals surface area contributed by atoms with Crippen molar-refractivity contribution in [1.82, 2.24) is 4.98 Å². The summed E-state index contributed by atoms with van der Waals surface area (Å²) in [6.07, 6.45) is 1.14. The monoisotopic (exact) mass is 328 g/mol. The second-order valence-corrected chi connectivity index (χ2v) is 11.4. The summed E-state index contributed by atoms with van der Waals surface area (Å²) in [4.78, 5) is 5.38. The van der Waals surface area contributed by atoms with Crippen LogP contribution < -0.4 is 0 Å². The van der Waals surface area contributed by atoms with E-state index in [0.717, 1.165) is 22.9 Å². The van der Waals surface area contributed by atoms with Crippen LogP contribution in [0.15, 0.2) is 28.6 Å². The first-order valence-corrected chi connectivity index (χ1v) is 11.8. The van der Waals surface area contributed by atoms with E-state index in [2.05, 4.69) is 36.3 Å². The van der Waals surface area contributed by atoms with Crippen molar-refractivity contribution in [3.63, 3.8) is 0 Å². The zero-order chi connectivity index (χ0) is 13.7. The van der Waals surface area contributed by atoms with Crippen LogP contribution in [0.4, 0.5) is 0 Å². The summed E-state index contributed by atoms with van der Waals surface area (Å²) in [7, 11) is 5.27. The van der Waals surface area contributed by atoms with E-state index in [4.69, 9.17) is 4.74 Å².